The molecule has 0 bridgehead atoms. The van der Waals surface area contributed by atoms with Crippen molar-refractivity contribution in [1.29, 1.82) is 0 Å². The summed E-state index contributed by atoms with van der Waals surface area (Å²) in [4.78, 5) is 14.7. The quantitative estimate of drug-likeness (QED) is 0.343. The maximum absolute atomic E-state index is 9.97. The summed E-state index contributed by atoms with van der Waals surface area (Å²) in [6.45, 7) is -0.128. The lowest BCUT2D eigenvalue weighted by atomic mass is 10.6. The van der Waals surface area contributed by atoms with E-state index in [0.717, 1.165) is 0 Å². The van der Waals surface area contributed by atoms with Gasteiger partial charge in [0, 0.05) is 0 Å². The Labute approximate surface area is 54.2 Å². The van der Waals surface area contributed by atoms with E-state index in [-0.39, 0.29) is 11.2 Å². The van der Waals surface area contributed by atoms with Crippen LogP contribution >= 0.6 is 0 Å². The zero-order valence-electron chi connectivity index (χ0n) is 5.88. The number of quaternary nitrogens is 1. The molecule has 0 radical (unpaired) electrons. The summed E-state index contributed by atoms with van der Waals surface area (Å²) in [5.74, 6) is -1.11. The van der Waals surface area contributed by atoms with E-state index in [4.69, 9.17) is 4.84 Å². The van der Waals surface area contributed by atoms with Crippen molar-refractivity contribution in [2.45, 2.75) is 0 Å². The van der Waals surface area contributed by atoms with E-state index >= 15 is 0 Å². The molecule has 0 aliphatic rings. The fraction of sp³-hybridized carbons (Fsp3) is 0.800. The molecule has 9 heavy (non-hydrogen) atoms. The minimum atomic E-state index is -1.11. The topological polar surface area (TPSA) is 49.4 Å². The highest BCUT2D eigenvalue weighted by Crippen LogP contribution is 1.92. The summed E-state index contributed by atoms with van der Waals surface area (Å²) in [6, 6.07) is 0. The Balaban J connectivity index is 3.71. The molecule has 0 saturated heterocycles. The molecule has 0 aromatic heterocycles. The van der Waals surface area contributed by atoms with Gasteiger partial charge in [0.05, 0.1) is 27.2 Å². The summed E-state index contributed by atoms with van der Waals surface area (Å²) < 4.78 is -0.0116. The Bertz CT molecular complexity index is 111. The second-order valence-electron chi connectivity index (χ2n) is 2.29. The molecule has 0 atom stereocenters. The highest BCUT2D eigenvalue weighted by molar-refractivity contribution is 5.65. The van der Waals surface area contributed by atoms with E-state index < -0.39 is 5.97 Å². The second-order valence-corrected chi connectivity index (χ2v) is 2.29. The van der Waals surface area contributed by atoms with Crippen LogP contribution in [0.5, 0.6) is 0 Å². The predicted molar refractivity (Wildman–Crippen MR) is 29.0 cm³/mol. The van der Waals surface area contributed by atoms with Gasteiger partial charge in [0.15, 0.2) is 0 Å². The van der Waals surface area contributed by atoms with Gasteiger partial charge in [0.1, 0.15) is 6.54 Å². The molecule has 0 unspecified atom stereocenters. The van der Waals surface area contributed by atoms with Crippen LogP contribution in [0.2, 0.25) is 0 Å². The fourth-order valence-electron chi connectivity index (χ4n) is 0.375. The van der Waals surface area contributed by atoms with Crippen molar-refractivity contribution in [2.24, 2.45) is 0 Å². The Morgan fingerprint density at radius 3 is 2.22 bits per heavy atom. The minimum absolute atomic E-state index is 0.0116. The van der Waals surface area contributed by atoms with Crippen molar-refractivity contribution in [1.82, 2.24) is 0 Å². The molecule has 0 aliphatic heterocycles. The Kier molecular flexibility index (Phi) is 2.61. The van der Waals surface area contributed by atoms with E-state index in [0.29, 0.717) is 0 Å². The summed E-state index contributed by atoms with van der Waals surface area (Å²) in [5, 5.41) is 9.97. The summed E-state index contributed by atoms with van der Waals surface area (Å²) >= 11 is 0. The van der Waals surface area contributed by atoms with Gasteiger partial charge in [0.2, 0.25) is 0 Å². The molecule has 0 amide bonds. The van der Waals surface area contributed by atoms with E-state index in [9.17, 15) is 9.90 Å². The summed E-state index contributed by atoms with van der Waals surface area (Å²) in [5.41, 5.74) is 0. The van der Waals surface area contributed by atoms with E-state index in [1.165, 1.54) is 7.11 Å². The Morgan fingerprint density at radius 1 is 1.67 bits per heavy atom. The van der Waals surface area contributed by atoms with Crippen LogP contribution in [0.25, 0.3) is 0 Å². The first-order valence-corrected chi connectivity index (χ1v) is 2.56. The number of carboxylic acids is 1. The van der Waals surface area contributed by atoms with Crippen LogP contribution in [0.3, 0.4) is 0 Å². The third-order valence-electron chi connectivity index (χ3n) is 1.00. The van der Waals surface area contributed by atoms with Crippen LogP contribution in [-0.2, 0) is 9.63 Å². The number of hydrogen-bond donors (Lipinski definition) is 0. The lowest BCUT2D eigenvalue weighted by Gasteiger charge is -2.24. The van der Waals surface area contributed by atoms with Crippen LogP contribution in [0.1, 0.15) is 0 Å². The van der Waals surface area contributed by atoms with Crippen molar-refractivity contribution in [3.05, 3.63) is 0 Å². The summed E-state index contributed by atoms with van der Waals surface area (Å²) in [7, 11) is 4.72. The first-order chi connectivity index (χ1) is 3.98. The molecule has 0 aromatic carbocycles. The molecule has 0 rings (SSSR count). The number of nitrogens with zero attached hydrogens (tertiary/aromatic N) is 1. The van der Waals surface area contributed by atoms with Gasteiger partial charge in [-0.25, -0.2) is 4.84 Å². The Hall–Kier alpha value is -0.610. The molecular weight excluding hydrogens is 122 g/mol. The van der Waals surface area contributed by atoms with Gasteiger partial charge in [-0.3, -0.25) is 0 Å². The zero-order valence-corrected chi connectivity index (χ0v) is 5.88. The average molecular weight is 133 g/mol. The molecule has 0 aromatic rings. The van der Waals surface area contributed by atoms with Crippen LogP contribution in [0.4, 0.5) is 0 Å². The van der Waals surface area contributed by atoms with Crippen LogP contribution in [0, 0.1) is 0 Å². The van der Waals surface area contributed by atoms with E-state index in [2.05, 4.69) is 0 Å². The number of rotatable bonds is 3. The maximum Gasteiger partial charge on any atom is 0.148 e. The maximum atomic E-state index is 9.97. The first-order valence-electron chi connectivity index (χ1n) is 2.56. The lowest BCUT2D eigenvalue weighted by molar-refractivity contribution is -1.07. The highest BCUT2D eigenvalue weighted by atomic mass is 16.7. The summed E-state index contributed by atoms with van der Waals surface area (Å²) in [6.07, 6.45) is 0. The van der Waals surface area contributed by atoms with E-state index in [1.807, 2.05) is 0 Å². The molecule has 4 nitrogen and oxygen atoms in total. The molecule has 0 saturated carbocycles. The molecule has 0 aliphatic carbocycles. The van der Waals surface area contributed by atoms with Crippen molar-refractivity contribution >= 4 is 5.97 Å². The highest BCUT2D eigenvalue weighted by Gasteiger charge is 2.13. The number of carboxylic acid groups (broad SMARTS) is 1. The molecule has 0 N–H and O–H groups in total. The van der Waals surface area contributed by atoms with Crippen LogP contribution < -0.4 is 5.11 Å². The van der Waals surface area contributed by atoms with Crippen LogP contribution in [0.15, 0.2) is 0 Å². The first kappa shape index (κ1) is 8.39. The average Bonchev–Trinajstić information content (AvgIpc) is 1.63. The van der Waals surface area contributed by atoms with Gasteiger partial charge < -0.3 is 9.90 Å². The molecule has 0 fully saturated rings. The SMILES string of the molecule is CO[N+](C)(C)CC(=O)[O-]. The van der Waals surface area contributed by atoms with Crippen molar-refractivity contribution < 1.29 is 19.4 Å². The van der Waals surface area contributed by atoms with Crippen molar-refractivity contribution in [3.8, 4) is 0 Å². The number of aliphatic carboxylic acids is 1. The van der Waals surface area contributed by atoms with Crippen molar-refractivity contribution in [2.75, 3.05) is 27.7 Å². The van der Waals surface area contributed by atoms with E-state index in [1.54, 1.807) is 14.1 Å². The fourth-order valence-corrected chi connectivity index (χ4v) is 0.375. The Morgan fingerprint density at radius 2 is 2.11 bits per heavy atom. The molecular formula is C5H11NO3. The zero-order chi connectivity index (χ0) is 7.49. The predicted octanol–water partition coefficient (Wildman–Crippen LogP) is -1.63. The number of carbonyl (C=O) groups excluding carboxylic acids is 1. The smallest absolute Gasteiger partial charge is 0.148 e. The normalized spacial score (nSPS) is 11.4. The number of hydroxylamine groups is 3. The third-order valence-corrected chi connectivity index (χ3v) is 1.00. The number of carbonyl (C=O) groups is 1. The van der Waals surface area contributed by atoms with Gasteiger partial charge >= 0.3 is 0 Å². The van der Waals surface area contributed by atoms with Gasteiger partial charge in [-0.15, -0.1) is 0 Å². The largest absolute Gasteiger partial charge is 0.544 e. The molecule has 54 valence electrons. The monoisotopic (exact) mass is 133 g/mol. The molecule has 0 spiro atoms. The van der Waals surface area contributed by atoms with Gasteiger partial charge in [0.25, 0.3) is 0 Å². The lowest BCUT2D eigenvalue weighted by Crippen LogP contribution is -2.47. The minimum Gasteiger partial charge on any atom is -0.544 e. The van der Waals surface area contributed by atoms with Crippen LogP contribution in [-0.4, -0.2) is 38.4 Å². The third kappa shape index (κ3) is 3.93. The molecule has 0 heterocycles. The molecule has 4 heteroatoms. The van der Waals surface area contributed by atoms with Gasteiger partial charge in [-0.1, -0.05) is 0 Å². The van der Waals surface area contributed by atoms with Gasteiger partial charge in [-0.2, -0.15) is 4.65 Å². The van der Waals surface area contributed by atoms with Crippen molar-refractivity contribution in [3.63, 3.8) is 0 Å². The standard InChI is InChI=1S/C5H11NO3/c1-6(2,9-3)4-5(7)8/h4H2,1-3H3. The number of hydrogen-bond acceptors (Lipinski definition) is 3. The number of likely N-dealkylation sites (N-methyl/N-ethyl adjacent to an activating group) is 1. The second kappa shape index (κ2) is 2.80. The van der Waals surface area contributed by atoms with Gasteiger partial charge in [-0.05, 0) is 0 Å².